The summed E-state index contributed by atoms with van der Waals surface area (Å²) in [5.41, 5.74) is 4.95. The second-order valence-corrected chi connectivity index (χ2v) is 6.54. The SMILES string of the molecule is Cc1ccc(OCC(=O)Nc2ccc3oc(-c4ccncc4)nc3c2)c(C)c1. The average molecular weight is 373 g/mol. The minimum atomic E-state index is -0.239. The smallest absolute Gasteiger partial charge is 0.262 e. The number of aryl methyl sites for hydroxylation is 2. The third-order valence-electron chi connectivity index (χ3n) is 4.29. The van der Waals surface area contributed by atoms with Crippen molar-refractivity contribution in [3.05, 3.63) is 72.1 Å². The molecular weight excluding hydrogens is 354 g/mol. The largest absolute Gasteiger partial charge is 0.483 e. The number of ether oxygens (including phenoxy) is 1. The molecule has 2 aromatic carbocycles. The van der Waals surface area contributed by atoms with Gasteiger partial charge >= 0.3 is 0 Å². The predicted molar refractivity (Wildman–Crippen MR) is 107 cm³/mol. The molecule has 0 aliphatic rings. The molecule has 4 aromatic rings. The lowest BCUT2D eigenvalue weighted by Crippen LogP contribution is -2.20. The van der Waals surface area contributed by atoms with Gasteiger partial charge < -0.3 is 14.5 Å². The molecule has 0 bridgehead atoms. The van der Waals surface area contributed by atoms with Crippen LogP contribution in [0.2, 0.25) is 0 Å². The van der Waals surface area contributed by atoms with Crippen molar-refractivity contribution in [3.8, 4) is 17.2 Å². The number of anilines is 1. The monoisotopic (exact) mass is 373 g/mol. The molecule has 1 amide bonds. The molecule has 0 aliphatic heterocycles. The van der Waals surface area contributed by atoms with E-state index < -0.39 is 0 Å². The van der Waals surface area contributed by atoms with E-state index >= 15 is 0 Å². The normalized spacial score (nSPS) is 10.8. The minimum absolute atomic E-state index is 0.0664. The number of hydrogen-bond acceptors (Lipinski definition) is 5. The highest BCUT2D eigenvalue weighted by atomic mass is 16.5. The summed E-state index contributed by atoms with van der Waals surface area (Å²) in [6, 6.07) is 14.9. The zero-order valence-corrected chi connectivity index (χ0v) is 15.6. The first kappa shape index (κ1) is 17.7. The zero-order chi connectivity index (χ0) is 19.5. The van der Waals surface area contributed by atoms with Gasteiger partial charge in [-0.05, 0) is 55.8 Å². The number of aromatic nitrogens is 2. The molecule has 2 heterocycles. The molecule has 0 spiro atoms. The fourth-order valence-electron chi connectivity index (χ4n) is 2.92. The van der Waals surface area contributed by atoms with Crippen LogP contribution in [-0.4, -0.2) is 22.5 Å². The van der Waals surface area contributed by atoms with Gasteiger partial charge in [-0.25, -0.2) is 4.98 Å². The molecule has 0 fully saturated rings. The van der Waals surface area contributed by atoms with Crippen molar-refractivity contribution in [2.45, 2.75) is 13.8 Å². The number of oxazole rings is 1. The van der Waals surface area contributed by atoms with Gasteiger partial charge in [-0.15, -0.1) is 0 Å². The zero-order valence-electron chi connectivity index (χ0n) is 15.6. The number of nitrogens with one attached hydrogen (secondary N) is 1. The highest BCUT2D eigenvalue weighted by Gasteiger charge is 2.10. The molecule has 0 radical (unpaired) electrons. The van der Waals surface area contributed by atoms with Gasteiger partial charge in [-0.1, -0.05) is 17.7 Å². The molecule has 6 heteroatoms. The predicted octanol–water partition coefficient (Wildman–Crippen LogP) is 4.52. The molecular formula is C22H19N3O3. The summed E-state index contributed by atoms with van der Waals surface area (Å²) < 4.78 is 11.4. The van der Waals surface area contributed by atoms with Crippen molar-refractivity contribution >= 4 is 22.7 Å². The van der Waals surface area contributed by atoms with E-state index in [4.69, 9.17) is 9.15 Å². The van der Waals surface area contributed by atoms with Crippen molar-refractivity contribution in [2.24, 2.45) is 0 Å². The van der Waals surface area contributed by atoms with E-state index in [-0.39, 0.29) is 12.5 Å². The molecule has 140 valence electrons. The molecule has 4 rings (SSSR count). The number of pyridine rings is 1. The van der Waals surface area contributed by atoms with Gasteiger partial charge in [0.25, 0.3) is 5.91 Å². The van der Waals surface area contributed by atoms with Crippen molar-refractivity contribution in [3.63, 3.8) is 0 Å². The first-order valence-corrected chi connectivity index (χ1v) is 8.89. The lowest BCUT2D eigenvalue weighted by molar-refractivity contribution is -0.118. The fourth-order valence-corrected chi connectivity index (χ4v) is 2.92. The summed E-state index contributed by atoms with van der Waals surface area (Å²) in [5, 5.41) is 2.83. The average Bonchev–Trinajstić information content (AvgIpc) is 3.11. The number of nitrogens with zero attached hydrogens (tertiary/aromatic N) is 2. The van der Waals surface area contributed by atoms with Crippen molar-refractivity contribution < 1.29 is 13.9 Å². The summed E-state index contributed by atoms with van der Waals surface area (Å²) in [5.74, 6) is 0.978. The summed E-state index contributed by atoms with van der Waals surface area (Å²) in [6.45, 7) is 3.91. The van der Waals surface area contributed by atoms with Gasteiger partial charge in [-0.3, -0.25) is 9.78 Å². The number of carbonyl (C=O) groups excluding carboxylic acids is 1. The standard InChI is InChI=1S/C22H19N3O3/c1-14-3-5-19(15(2)11-14)27-13-21(26)24-17-4-6-20-18(12-17)25-22(28-20)16-7-9-23-10-8-16/h3-12H,13H2,1-2H3,(H,24,26). The highest BCUT2D eigenvalue weighted by molar-refractivity contribution is 5.94. The van der Waals surface area contributed by atoms with Gasteiger partial charge in [-0.2, -0.15) is 0 Å². The van der Waals surface area contributed by atoms with Crippen LogP contribution < -0.4 is 10.1 Å². The highest BCUT2D eigenvalue weighted by Crippen LogP contribution is 2.26. The minimum Gasteiger partial charge on any atom is -0.483 e. The number of amides is 1. The third-order valence-corrected chi connectivity index (χ3v) is 4.29. The van der Waals surface area contributed by atoms with E-state index in [9.17, 15) is 4.79 Å². The summed E-state index contributed by atoms with van der Waals surface area (Å²) in [6.07, 6.45) is 3.37. The molecule has 2 aromatic heterocycles. The van der Waals surface area contributed by atoms with Crippen molar-refractivity contribution in [2.75, 3.05) is 11.9 Å². The molecule has 28 heavy (non-hydrogen) atoms. The van der Waals surface area contributed by atoms with Crippen LogP contribution in [0.3, 0.4) is 0 Å². The Morgan fingerprint density at radius 1 is 1.07 bits per heavy atom. The topological polar surface area (TPSA) is 77.2 Å². The second kappa shape index (κ2) is 7.52. The maximum atomic E-state index is 12.2. The molecule has 0 unspecified atom stereocenters. The molecule has 0 saturated heterocycles. The van der Waals surface area contributed by atoms with Gasteiger partial charge in [0.15, 0.2) is 12.2 Å². The second-order valence-electron chi connectivity index (χ2n) is 6.54. The molecule has 0 aliphatic carbocycles. The van der Waals surface area contributed by atoms with E-state index in [1.165, 1.54) is 0 Å². The van der Waals surface area contributed by atoms with Crippen LogP contribution in [0.5, 0.6) is 5.75 Å². The Balaban J connectivity index is 1.44. The van der Waals surface area contributed by atoms with E-state index in [2.05, 4.69) is 15.3 Å². The van der Waals surface area contributed by atoms with Crippen LogP contribution in [-0.2, 0) is 4.79 Å². The van der Waals surface area contributed by atoms with Crippen LogP contribution >= 0.6 is 0 Å². The van der Waals surface area contributed by atoms with E-state index in [0.29, 0.717) is 28.4 Å². The quantitative estimate of drug-likeness (QED) is 0.556. The third kappa shape index (κ3) is 3.86. The van der Waals surface area contributed by atoms with Gasteiger partial charge in [0.1, 0.15) is 11.3 Å². The Kier molecular flexibility index (Phi) is 4.76. The fraction of sp³-hybridized carbons (Fsp3) is 0.136. The summed E-state index contributed by atoms with van der Waals surface area (Å²) in [4.78, 5) is 20.7. The molecule has 1 N–H and O–H groups in total. The number of carbonyl (C=O) groups is 1. The number of benzene rings is 2. The van der Waals surface area contributed by atoms with Crippen molar-refractivity contribution in [1.29, 1.82) is 0 Å². The molecule has 6 nitrogen and oxygen atoms in total. The Morgan fingerprint density at radius 3 is 2.68 bits per heavy atom. The van der Waals surface area contributed by atoms with Gasteiger partial charge in [0.2, 0.25) is 5.89 Å². The van der Waals surface area contributed by atoms with E-state index in [0.717, 1.165) is 16.7 Å². The van der Waals surface area contributed by atoms with E-state index in [1.54, 1.807) is 30.6 Å². The Morgan fingerprint density at radius 2 is 1.89 bits per heavy atom. The Labute approximate surface area is 162 Å². The van der Waals surface area contributed by atoms with Crippen molar-refractivity contribution in [1.82, 2.24) is 9.97 Å². The van der Waals surface area contributed by atoms with Crippen LogP contribution in [0.4, 0.5) is 5.69 Å². The lowest BCUT2D eigenvalue weighted by Gasteiger charge is -2.10. The van der Waals surface area contributed by atoms with Crippen LogP contribution in [0.25, 0.3) is 22.6 Å². The van der Waals surface area contributed by atoms with Gasteiger partial charge in [0, 0.05) is 23.6 Å². The van der Waals surface area contributed by atoms with Gasteiger partial charge in [0.05, 0.1) is 0 Å². The van der Waals surface area contributed by atoms with Crippen LogP contribution in [0.1, 0.15) is 11.1 Å². The Bertz CT molecular complexity index is 1140. The maximum absolute atomic E-state index is 12.2. The lowest BCUT2D eigenvalue weighted by atomic mass is 10.1. The summed E-state index contributed by atoms with van der Waals surface area (Å²) in [7, 11) is 0. The van der Waals surface area contributed by atoms with E-state index in [1.807, 2.05) is 44.2 Å². The number of fused-ring (bicyclic) bond motifs is 1. The number of rotatable bonds is 5. The van der Waals surface area contributed by atoms with Crippen LogP contribution in [0, 0.1) is 13.8 Å². The molecule has 0 saturated carbocycles. The Hall–Kier alpha value is -3.67. The first-order valence-electron chi connectivity index (χ1n) is 8.89. The summed E-state index contributed by atoms with van der Waals surface area (Å²) >= 11 is 0. The maximum Gasteiger partial charge on any atom is 0.262 e. The van der Waals surface area contributed by atoms with Crippen LogP contribution in [0.15, 0.2) is 65.3 Å². The molecule has 0 atom stereocenters. The first-order chi connectivity index (χ1) is 13.6. The number of hydrogen-bond donors (Lipinski definition) is 1.